The Labute approximate surface area is 428 Å². The second kappa shape index (κ2) is 19.6. The minimum absolute atomic E-state index is 0.00440. The third kappa shape index (κ3) is 9.51. The second-order valence-electron chi connectivity index (χ2n) is 25.4. The van der Waals surface area contributed by atoms with Crippen LogP contribution in [0.5, 0.6) is 0 Å². The number of methoxy groups -OCH3 is 1. The highest BCUT2D eigenvalue weighted by Gasteiger charge is 2.73. The first-order valence-corrected chi connectivity index (χ1v) is 30.6. The van der Waals surface area contributed by atoms with Gasteiger partial charge in [-0.05, 0) is 118 Å². The van der Waals surface area contributed by atoms with Gasteiger partial charge in [0.15, 0.2) is 14.1 Å². The number of aliphatic hydroxyl groups excluding tert-OH is 1. The van der Waals surface area contributed by atoms with Crippen molar-refractivity contribution < 1.29 is 61.8 Å². The van der Waals surface area contributed by atoms with E-state index in [0.29, 0.717) is 43.2 Å². The van der Waals surface area contributed by atoms with E-state index in [1.165, 1.54) is 4.90 Å². The molecule has 11 aliphatic heterocycles. The third-order valence-corrected chi connectivity index (χ3v) is 23.8. The SMILES string of the molecule is C=C1C[C@@H]2CCCC[C@@]34C[C@]5(C)O[C@H]6C(O3)[C@H]3OC(CC[C@@H]3O[C@H]6C5O4)CC(O)C[C@H]3[C@H](C[C@H]4O[C@@H](CCC1O2)C[C@@H](C)C4=C)OC(C[C@@H](CN1C(=O)c2ccccc2C1=O)O[Si](C)(C)C(C)(C)C)[C@@H]3OC. The van der Waals surface area contributed by atoms with Crippen LogP contribution in [0.2, 0.25) is 18.1 Å². The van der Waals surface area contributed by atoms with Crippen LogP contribution < -0.4 is 0 Å². The van der Waals surface area contributed by atoms with Crippen molar-refractivity contribution in [3.05, 3.63) is 59.7 Å². The van der Waals surface area contributed by atoms with E-state index in [4.69, 9.17) is 47.1 Å². The normalized spacial score (nSPS) is 44.8. The number of rotatable bonds is 7. The van der Waals surface area contributed by atoms with E-state index >= 15 is 0 Å². The standard InChI is InChI=1S/C57H83NO13Si/c1-31-23-36-18-20-42-32(2)24-35(63-42)15-13-14-22-57-30-56(7)52(70-57)51-50(68-56)49(69-57)48-43(67-51)21-19-37(65-48)25-34(59)26-41-45(28-44(64-36)33(31)3)66-46(47(41)62-8)27-38(71-72(9,10)55(4,5)6)29-58-53(60)39-16-11-12-17-40(39)54(58)61/h11-12,16-17,31,34-38,41-52,59H,2-3,13-15,18-30H2,1,4-10H3/t31-,34?,35+,36+,37?,38+,41+,42?,43+,44-,45+,46?,47-,48+,49?,50+,51-,52?,56+,57-/m1/s1. The highest BCUT2D eigenvalue weighted by molar-refractivity contribution is 6.74. The molecule has 0 saturated carbocycles. The van der Waals surface area contributed by atoms with Crippen molar-refractivity contribution in [2.24, 2.45) is 11.8 Å². The van der Waals surface area contributed by atoms with Gasteiger partial charge in [-0.15, -0.1) is 0 Å². The van der Waals surface area contributed by atoms with Gasteiger partial charge >= 0.3 is 0 Å². The summed E-state index contributed by atoms with van der Waals surface area (Å²) in [6.07, 6.45) is 6.57. The minimum Gasteiger partial charge on any atom is -0.412 e. The molecule has 15 heteroatoms. The summed E-state index contributed by atoms with van der Waals surface area (Å²) in [7, 11) is -0.736. The molecule has 20 atom stereocenters. The Morgan fingerprint density at radius 3 is 2.25 bits per heavy atom. The number of ether oxygens (including phenoxy) is 9. The molecular formula is C57H83NO13Si. The van der Waals surface area contributed by atoms with E-state index in [1.54, 1.807) is 31.4 Å². The van der Waals surface area contributed by atoms with Gasteiger partial charge in [0.05, 0.1) is 84.8 Å². The monoisotopic (exact) mass is 1020 g/mol. The molecule has 0 aliphatic carbocycles. The molecule has 1 aromatic rings. The molecule has 6 unspecified atom stereocenters. The third-order valence-electron chi connectivity index (χ3n) is 19.3. The number of hydrogen-bond acceptors (Lipinski definition) is 13. The van der Waals surface area contributed by atoms with Crippen molar-refractivity contribution in [2.45, 2.75) is 258 Å². The Morgan fingerprint density at radius 1 is 0.806 bits per heavy atom. The topological polar surface area (TPSA) is 150 Å². The largest absolute Gasteiger partial charge is 0.412 e. The molecule has 72 heavy (non-hydrogen) atoms. The fourth-order valence-corrected chi connectivity index (χ4v) is 15.9. The van der Waals surface area contributed by atoms with Gasteiger partial charge in [-0.3, -0.25) is 14.5 Å². The molecule has 14 nitrogen and oxygen atoms in total. The maximum Gasteiger partial charge on any atom is 0.261 e. The predicted molar refractivity (Wildman–Crippen MR) is 270 cm³/mol. The lowest BCUT2D eigenvalue weighted by molar-refractivity contribution is -0.294. The summed E-state index contributed by atoms with van der Waals surface area (Å²) >= 11 is 0. The average molecular weight is 1020 g/mol. The number of hydrogen-bond donors (Lipinski definition) is 1. The zero-order chi connectivity index (χ0) is 50.6. The summed E-state index contributed by atoms with van der Waals surface area (Å²) in [5.74, 6) is -1.39. The van der Waals surface area contributed by atoms with Gasteiger partial charge in [-0.1, -0.05) is 59.4 Å². The summed E-state index contributed by atoms with van der Waals surface area (Å²) in [6, 6.07) is 7.01. The van der Waals surface area contributed by atoms with Crippen molar-refractivity contribution in [1.82, 2.24) is 4.90 Å². The van der Waals surface area contributed by atoms with E-state index in [0.717, 1.165) is 75.4 Å². The summed E-state index contributed by atoms with van der Waals surface area (Å²) in [5, 5.41) is 12.2. The lowest BCUT2D eigenvalue weighted by atomic mass is 9.81. The Morgan fingerprint density at radius 2 is 1.51 bits per heavy atom. The van der Waals surface area contributed by atoms with E-state index < -0.39 is 44.1 Å². The van der Waals surface area contributed by atoms with Crippen molar-refractivity contribution in [2.75, 3.05) is 13.7 Å². The number of fused-ring (bicyclic) bond motifs is 7. The predicted octanol–water partition coefficient (Wildman–Crippen LogP) is 8.77. The quantitative estimate of drug-likeness (QED) is 0.158. The molecule has 0 radical (unpaired) electrons. The van der Waals surface area contributed by atoms with Crippen molar-refractivity contribution in [3.8, 4) is 0 Å². The number of benzene rings is 1. The molecule has 1 N–H and O–H groups in total. The van der Waals surface area contributed by atoms with Crippen molar-refractivity contribution >= 4 is 20.1 Å². The molecule has 10 fully saturated rings. The molecule has 11 heterocycles. The van der Waals surface area contributed by atoms with Crippen LogP contribution in [0.1, 0.15) is 152 Å². The van der Waals surface area contributed by atoms with Crippen LogP contribution in [0.25, 0.3) is 0 Å². The van der Waals surface area contributed by atoms with Gasteiger partial charge in [0.1, 0.15) is 36.1 Å². The fraction of sp³-hybridized carbons (Fsp3) is 0.789. The van der Waals surface area contributed by atoms with Crippen LogP contribution in [-0.2, 0) is 47.1 Å². The maximum absolute atomic E-state index is 13.9. The van der Waals surface area contributed by atoms with Crippen LogP contribution in [0.15, 0.2) is 48.6 Å². The molecule has 12 rings (SSSR count). The first-order chi connectivity index (χ1) is 34.2. The first-order valence-electron chi connectivity index (χ1n) is 27.7. The number of carbonyl (C=O) groups is 2. The maximum atomic E-state index is 13.9. The van der Waals surface area contributed by atoms with E-state index in [2.05, 4.69) is 60.9 Å². The highest BCUT2D eigenvalue weighted by atomic mass is 28.4. The molecule has 0 aromatic heterocycles. The molecule has 1 spiro atoms. The van der Waals surface area contributed by atoms with Crippen LogP contribution >= 0.6 is 0 Å². The molecule has 2 amide bonds. The first kappa shape index (κ1) is 51.7. The summed E-state index contributed by atoms with van der Waals surface area (Å²) in [6.45, 7) is 24.6. The Hall–Kier alpha value is -2.38. The molecule has 1 aromatic carbocycles. The van der Waals surface area contributed by atoms with Gasteiger partial charge in [-0.25, -0.2) is 0 Å². The van der Waals surface area contributed by atoms with E-state index in [-0.39, 0.29) is 108 Å². The molecule has 12 bridgehead atoms. The highest BCUT2D eigenvalue weighted by Crippen LogP contribution is 2.59. The van der Waals surface area contributed by atoms with Gasteiger partial charge in [0, 0.05) is 38.7 Å². The molecule has 398 valence electrons. The smallest absolute Gasteiger partial charge is 0.261 e. The summed E-state index contributed by atoms with van der Waals surface area (Å²) < 4.78 is 69.6. The van der Waals surface area contributed by atoms with E-state index in [1.807, 2.05) is 0 Å². The van der Waals surface area contributed by atoms with Crippen LogP contribution in [0.4, 0.5) is 0 Å². The van der Waals surface area contributed by atoms with Gasteiger partial charge in [0.2, 0.25) is 0 Å². The number of aliphatic hydroxyl groups is 1. The minimum atomic E-state index is -2.46. The Balaban J connectivity index is 0.876. The van der Waals surface area contributed by atoms with E-state index in [9.17, 15) is 14.7 Å². The lowest BCUT2D eigenvalue weighted by Gasteiger charge is -2.47. The lowest BCUT2D eigenvalue weighted by Crippen LogP contribution is -2.61. The molecular weight excluding hydrogens is 935 g/mol. The van der Waals surface area contributed by atoms with Crippen molar-refractivity contribution in [3.63, 3.8) is 0 Å². The van der Waals surface area contributed by atoms with Crippen LogP contribution in [0, 0.1) is 11.8 Å². The van der Waals surface area contributed by atoms with Gasteiger partial charge < -0.3 is 52.2 Å². The Kier molecular flexibility index (Phi) is 14.1. The Bertz CT molecular complexity index is 2200. The molecule has 11 aliphatic rings. The zero-order valence-electron chi connectivity index (χ0n) is 44.2. The number of carbonyl (C=O) groups excluding carboxylic acids is 2. The molecule has 10 saturated heterocycles. The zero-order valence-corrected chi connectivity index (χ0v) is 45.2. The van der Waals surface area contributed by atoms with Crippen LogP contribution in [-0.4, -0.2) is 153 Å². The van der Waals surface area contributed by atoms with Gasteiger partial charge in [0.25, 0.3) is 11.8 Å². The number of nitrogens with zero attached hydrogens (tertiary/aromatic N) is 1. The number of amides is 2. The summed E-state index contributed by atoms with van der Waals surface area (Å²) in [4.78, 5) is 29.1. The fourth-order valence-electron chi connectivity index (χ4n) is 14.5. The number of imide groups is 1. The average Bonchev–Trinajstić information content (AvgIpc) is 4.02. The summed E-state index contributed by atoms with van der Waals surface area (Å²) in [5.41, 5.74) is 2.54. The van der Waals surface area contributed by atoms with Gasteiger partial charge in [-0.2, -0.15) is 0 Å². The van der Waals surface area contributed by atoms with Crippen molar-refractivity contribution in [1.29, 1.82) is 0 Å². The second-order valence-corrected chi connectivity index (χ2v) is 30.1. The van der Waals surface area contributed by atoms with Crippen LogP contribution in [0.3, 0.4) is 0 Å².